The van der Waals surface area contributed by atoms with E-state index in [-0.39, 0.29) is 11.0 Å². The van der Waals surface area contributed by atoms with Gasteiger partial charge in [-0.2, -0.15) is 0 Å². The van der Waals surface area contributed by atoms with Crippen molar-refractivity contribution in [1.29, 1.82) is 0 Å². The summed E-state index contributed by atoms with van der Waals surface area (Å²) in [5.74, 6) is 1.73. The Morgan fingerprint density at radius 3 is 2.28 bits per heavy atom. The van der Waals surface area contributed by atoms with Crippen LogP contribution in [0.1, 0.15) is 59.8 Å². The second-order valence-electron chi connectivity index (χ2n) is 11.7. The third kappa shape index (κ3) is 5.78. The molecule has 0 bridgehead atoms. The molecule has 32 heavy (non-hydrogen) atoms. The fourth-order valence-corrected chi connectivity index (χ4v) is 5.88. The summed E-state index contributed by atoms with van der Waals surface area (Å²) < 4.78 is 18.2. The number of nitrogens with zero attached hydrogens (tertiary/aromatic N) is 2. The van der Waals surface area contributed by atoms with Crippen molar-refractivity contribution in [1.82, 2.24) is 4.90 Å². The minimum Gasteiger partial charge on any atom is -0.488 e. The van der Waals surface area contributed by atoms with E-state index in [4.69, 9.17) is 14.2 Å². The number of ether oxygens (including phenoxy) is 3. The first-order valence-corrected chi connectivity index (χ1v) is 12.5. The largest absolute Gasteiger partial charge is 0.488 e. The standard InChI is InChI=1S/C27H44N2O3/c1-26(2,20-17-28(5)18-20)19-27(3,4)32-23-9-7-8-21(14-23)29-12-10-22(11-13-29)31-25-15-24(16-25)30-6/h7-9,14,20,22,24-25H,10-13,15-19H2,1-6H3. The van der Waals surface area contributed by atoms with Gasteiger partial charge in [0.2, 0.25) is 0 Å². The molecule has 0 N–H and O–H groups in total. The van der Waals surface area contributed by atoms with Crippen LogP contribution in [0.4, 0.5) is 5.69 Å². The molecule has 2 aliphatic heterocycles. The Labute approximate surface area is 195 Å². The number of rotatable bonds is 9. The topological polar surface area (TPSA) is 34.2 Å². The molecule has 2 saturated heterocycles. The van der Waals surface area contributed by atoms with E-state index in [2.05, 4.69) is 68.8 Å². The molecule has 0 spiro atoms. The average molecular weight is 445 g/mol. The molecule has 0 atom stereocenters. The highest BCUT2D eigenvalue weighted by Gasteiger charge is 2.41. The Hall–Kier alpha value is -1.30. The third-order valence-corrected chi connectivity index (χ3v) is 7.84. The minimum atomic E-state index is -0.194. The summed E-state index contributed by atoms with van der Waals surface area (Å²) in [6, 6.07) is 8.68. The zero-order chi connectivity index (χ0) is 22.9. The van der Waals surface area contributed by atoms with Crippen molar-refractivity contribution < 1.29 is 14.2 Å². The number of anilines is 1. The van der Waals surface area contributed by atoms with Crippen molar-refractivity contribution in [2.45, 2.75) is 83.7 Å². The predicted molar refractivity (Wildman–Crippen MR) is 131 cm³/mol. The van der Waals surface area contributed by atoms with Crippen LogP contribution in [-0.4, -0.2) is 69.1 Å². The molecule has 0 amide bonds. The van der Waals surface area contributed by atoms with Gasteiger partial charge in [0, 0.05) is 45.0 Å². The summed E-state index contributed by atoms with van der Waals surface area (Å²) in [4.78, 5) is 4.88. The van der Waals surface area contributed by atoms with Gasteiger partial charge in [0.05, 0.1) is 18.3 Å². The number of likely N-dealkylation sites (tertiary alicyclic amines) is 1. The summed E-state index contributed by atoms with van der Waals surface area (Å²) in [5, 5.41) is 0. The van der Waals surface area contributed by atoms with Crippen molar-refractivity contribution in [2.75, 3.05) is 45.2 Å². The maximum Gasteiger partial charge on any atom is 0.122 e. The van der Waals surface area contributed by atoms with Gasteiger partial charge in [0.25, 0.3) is 0 Å². The maximum absolute atomic E-state index is 6.55. The van der Waals surface area contributed by atoms with E-state index in [0.717, 1.165) is 56.9 Å². The molecule has 1 saturated carbocycles. The second-order valence-corrected chi connectivity index (χ2v) is 11.7. The number of hydrogen-bond donors (Lipinski definition) is 0. The van der Waals surface area contributed by atoms with Gasteiger partial charge in [-0.25, -0.2) is 0 Å². The molecule has 180 valence electrons. The molecule has 5 heteroatoms. The first kappa shape index (κ1) is 23.8. The Kier molecular flexibility index (Phi) is 7.09. The highest BCUT2D eigenvalue weighted by molar-refractivity contribution is 5.51. The lowest BCUT2D eigenvalue weighted by atomic mass is 9.69. The maximum atomic E-state index is 6.55. The molecule has 2 heterocycles. The molecular weight excluding hydrogens is 400 g/mol. The van der Waals surface area contributed by atoms with Gasteiger partial charge in [-0.15, -0.1) is 0 Å². The number of piperidine rings is 1. The summed E-state index contributed by atoms with van der Waals surface area (Å²) in [5.41, 5.74) is 1.35. The summed E-state index contributed by atoms with van der Waals surface area (Å²) in [6.45, 7) is 13.8. The monoisotopic (exact) mass is 444 g/mol. The first-order valence-electron chi connectivity index (χ1n) is 12.5. The zero-order valence-corrected chi connectivity index (χ0v) is 21.1. The van der Waals surface area contributed by atoms with Gasteiger partial charge in [-0.3, -0.25) is 0 Å². The second kappa shape index (κ2) is 9.52. The fraction of sp³-hybridized carbons (Fsp3) is 0.778. The first-order chi connectivity index (χ1) is 15.1. The normalized spacial score (nSPS) is 26.0. The quantitative estimate of drug-likeness (QED) is 0.536. The molecule has 5 nitrogen and oxygen atoms in total. The van der Waals surface area contributed by atoms with Crippen LogP contribution >= 0.6 is 0 Å². The third-order valence-electron chi connectivity index (χ3n) is 7.84. The Balaban J connectivity index is 1.28. The van der Waals surface area contributed by atoms with Crippen molar-refractivity contribution in [3.63, 3.8) is 0 Å². The number of benzene rings is 1. The van der Waals surface area contributed by atoms with E-state index in [1.165, 1.54) is 18.8 Å². The van der Waals surface area contributed by atoms with E-state index in [0.29, 0.717) is 18.3 Å². The zero-order valence-electron chi connectivity index (χ0n) is 21.1. The molecule has 0 aromatic heterocycles. The van der Waals surface area contributed by atoms with Crippen LogP contribution in [0, 0.1) is 11.3 Å². The molecule has 3 aliphatic rings. The van der Waals surface area contributed by atoms with Crippen molar-refractivity contribution in [3.05, 3.63) is 24.3 Å². The van der Waals surface area contributed by atoms with Gasteiger partial charge >= 0.3 is 0 Å². The number of hydrogen-bond acceptors (Lipinski definition) is 5. The minimum absolute atomic E-state index is 0.194. The van der Waals surface area contributed by atoms with Crippen molar-refractivity contribution >= 4 is 5.69 Å². The summed E-state index contributed by atoms with van der Waals surface area (Å²) in [7, 11) is 4.00. The lowest BCUT2D eigenvalue weighted by molar-refractivity contribution is -0.119. The van der Waals surface area contributed by atoms with Gasteiger partial charge in [0.15, 0.2) is 0 Å². The van der Waals surface area contributed by atoms with Crippen LogP contribution in [-0.2, 0) is 9.47 Å². The van der Waals surface area contributed by atoms with E-state index < -0.39 is 0 Å². The Morgan fingerprint density at radius 1 is 0.969 bits per heavy atom. The highest BCUT2D eigenvalue weighted by Crippen LogP contribution is 2.41. The van der Waals surface area contributed by atoms with E-state index in [1.807, 2.05) is 0 Å². The van der Waals surface area contributed by atoms with Crippen molar-refractivity contribution in [3.8, 4) is 5.75 Å². The van der Waals surface area contributed by atoms with Crippen LogP contribution in [0.3, 0.4) is 0 Å². The molecule has 1 aromatic rings. The van der Waals surface area contributed by atoms with E-state index >= 15 is 0 Å². The lowest BCUT2D eigenvalue weighted by Crippen LogP contribution is -2.52. The molecular formula is C27H44N2O3. The van der Waals surface area contributed by atoms with Gasteiger partial charge < -0.3 is 24.0 Å². The van der Waals surface area contributed by atoms with Gasteiger partial charge in [-0.05, 0) is 76.5 Å². The molecule has 0 unspecified atom stereocenters. The van der Waals surface area contributed by atoms with Crippen LogP contribution in [0.15, 0.2) is 24.3 Å². The van der Waals surface area contributed by atoms with E-state index in [1.54, 1.807) is 7.11 Å². The molecule has 1 aromatic carbocycles. The number of methoxy groups -OCH3 is 1. The fourth-order valence-electron chi connectivity index (χ4n) is 5.88. The molecule has 4 rings (SSSR count). The Morgan fingerprint density at radius 2 is 1.66 bits per heavy atom. The van der Waals surface area contributed by atoms with Gasteiger partial charge in [-0.1, -0.05) is 19.9 Å². The average Bonchev–Trinajstić information content (AvgIpc) is 2.67. The summed E-state index contributed by atoms with van der Waals surface area (Å²) in [6.07, 6.45) is 6.55. The van der Waals surface area contributed by atoms with E-state index in [9.17, 15) is 0 Å². The van der Waals surface area contributed by atoms with Crippen molar-refractivity contribution in [2.24, 2.45) is 11.3 Å². The SMILES string of the molecule is COC1CC(OC2CCN(c3cccc(OC(C)(C)CC(C)(C)C4CN(C)C4)c3)CC2)C1. The molecule has 3 fully saturated rings. The van der Waals surface area contributed by atoms with Crippen LogP contribution in [0.2, 0.25) is 0 Å². The summed E-state index contributed by atoms with van der Waals surface area (Å²) >= 11 is 0. The van der Waals surface area contributed by atoms with Crippen LogP contribution in [0.25, 0.3) is 0 Å². The van der Waals surface area contributed by atoms with Gasteiger partial charge in [0.1, 0.15) is 11.4 Å². The molecule has 0 radical (unpaired) electrons. The Bertz CT molecular complexity index is 745. The van der Waals surface area contributed by atoms with Crippen LogP contribution in [0.5, 0.6) is 5.75 Å². The molecule has 1 aliphatic carbocycles. The van der Waals surface area contributed by atoms with Crippen LogP contribution < -0.4 is 9.64 Å². The smallest absolute Gasteiger partial charge is 0.122 e. The highest BCUT2D eigenvalue weighted by atomic mass is 16.5. The predicted octanol–water partition coefficient (Wildman–Crippen LogP) is 4.98. The lowest BCUT2D eigenvalue weighted by Gasteiger charge is -2.48.